The number of imidazole rings is 2. The van der Waals surface area contributed by atoms with Gasteiger partial charge in [-0.05, 0) is 88.4 Å². The number of methoxy groups -OCH3 is 2. The number of nitrogens with one attached hydrogen (secondary N) is 4. The van der Waals surface area contributed by atoms with Crippen LogP contribution >= 0.6 is 0 Å². The summed E-state index contributed by atoms with van der Waals surface area (Å²) in [6.07, 6.45) is 11.5. The van der Waals surface area contributed by atoms with Gasteiger partial charge in [0.05, 0.1) is 50.1 Å². The second-order valence-electron chi connectivity index (χ2n) is 18.4. The zero-order valence-corrected chi connectivity index (χ0v) is 37.9. The van der Waals surface area contributed by atoms with Crippen LogP contribution in [0.3, 0.4) is 0 Å². The molecule has 2 fully saturated rings. The highest BCUT2D eigenvalue weighted by Crippen LogP contribution is 2.55. The van der Waals surface area contributed by atoms with E-state index in [2.05, 4.69) is 93.4 Å². The van der Waals surface area contributed by atoms with Crippen LogP contribution in [-0.2, 0) is 19.1 Å². The molecule has 2 saturated heterocycles. The van der Waals surface area contributed by atoms with Gasteiger partial charge in [-0.3, -0.25) is 9.59 Å². The number of aromatic amines is 2. The Labute approximate surface area is 379 Å². The fourth-order valence-corrected chi connectivity index (χ4v) is 10.4. The summed E-state index contributed by atoms with van der Waals surface area (Å²) in [5.74, 6) is 1.75. The summed E-state index contributed by atoms with van der Waals surface area (Å²) in [7, 11) is 2.60. The van der Waals surface area contributed by atoms with Crippen molar-refractivity contribution >= 4 is 24.0 Å². The average molecular weight is 879 g/mol. The van der Waals surface area contributed by atoms with Crippen molar-refractivity contribution in [1.82, 2.24) is 40.4 Å². The molecule has 9 rings (SSSR count). The summed E-state index contributed by atoms with van der Waals surface area (Å²) in [6.45, 7) is 8.85. The minimum absolute atomic E-state index is 0.104. The number of likely N-dealkylation sites (tertiary alicyclic amines) is 2. The molecule has 0 radical (unpaired) electrons. The SMILES string of the molecule is COC(=O)N[C@H](C(=O)N1CCCC1c1ncc(-c2ccc(-c3ccc(-c4ccc(-c5cnc(C6CCCN6C(=O)[C@@H](NC(=O)OC)C(C)C)[nH]5)cc4)c4c3C3C=CC4C3)cc2)[nH]1)C(C)C. The lowest BCUT2D eigenvalue weighted by atomic mass is 9.84. The van der Waals surface area contributed by atoms with Crippen molar-refractivity contribution in [3.05, 3.63) is 108 Å². The molecule has 65 heavy (non-hydrogen) atoms. The number of H-pyrrole nitrogens is 2. The number of rotatable bonds is 12. The lowest BCUT2D eigenvalue weighted by Crippen LogP contribution is -2.51. The second kappa shape index (κ2) is 18.1. The topological polar surface area (TPSA) is 175 Å². The standard InChI is InChI=1S/C51H58N8O6/c1-28(2)44(56-50(62)64-5)48(60)58-23-7-9-40(58)46-52-26-38(54-46)32-15-11-30(12-16-32)36-21-22-37(43-35-20-19-34(25-35)42(36)43)31-13-17-33(18-14-31)39-27-53-47(55-39)41-10-8-24-59(41)49(61)45(29(3)4)57-51(63)65-6/h11-22,26-29,34-35,40-41,44-45H,7-10,23-25H2,1-6H3,(H,52,54)(H,53,55)(H,56,62)(H,57,63)/t34?,35?,40?,41?,44-,45-/m0/s1. The number of aromatic nitrogens is 4. The molecule has 4 N–H and O–H groups in total. The Bertz CT molecular complexity index is 2440. The Morgan fingerprint density at radius 3 is 1.35 bits per heavy atom. The molecule has 2 aromatic heterocycles. The van der Waals surface area contributed by atoms with E-state index < -0.39 is 24.3 Å². The molecule has 5 aromatic rings. The maximum absolute atomic E-state index is 13.7. The third kappa shape index (κ3) is 8.30. The van der Waals surface area contributed by atoms with Crippen LogP contribution in [0.25, 0.3) is 44.8 Å². The fraction of sp³-hybridized carbons (Fsp3) is 0.412. The van der Waals surface area contributed by atoms with Crippen molar-refractivity contribution in [3.63, 3.8) is 0 Å². The molecule has 4 aliphatic rings. The van der Waals surface area contributed by atoms with Crippen LogP contribution in [0.4, 0.5) is 9.59 Å². The molecule has 0 saturated carbocycles. The lowest BCUT2D eigenvalue weighted by molar-refractivity contribution is -0.136. The number of allylic oxidation sites excluding steroid dienone is 2. The van der Waals surface area contributed by atoms with Crippen molar-refractivity contribution < 1.29 is 28.7 Å². The predicted molar refractivity (Wildman–Crippen MR) is 247 cm³/mol. The largest absolute Gasteiger partial charge is 0.453 e. The minimum Gasteiger partial charge on any atom is -0.453 e. The quantitative estimate of drug-likeness (QED) is 0.0899. The Morgan fingerprint density at radius 1 is 0.600 bits per heavy atom. The van der Waals surface area contributed by atoms with Crippen LogP contribution < -0.4 is 10.6 Å². The van der Waals surface area contributed by atoms with Gasteiger partial charge in [-0.15, -0.1) is 0 Å². The van der Waals surface area contributed by atoms with Crippen LogP contribution in [-0.4, -0.2) is 93.1 Å². The number of nitrogens with zero attached hydrogens (tertiary/aromatic N) is 4. The Hall–Kier alpha value is -6.70. The molecular weight excluding hydrogens is 821 g/mol. The molecule has 2 aliphatic heterocycles. The Morgan fingerprint density at radius 2 is 0.985 bits per heavy atom. The zero-order chi connectivity index (χ0) is 45.5. The van der Waals surface area contributed by atoms with Gasteiger partial charge in [-0.2, -0.15) is 0 Å². The molecule has 14 nitrogen and oxygen atoms in total. The maximum atomic E-state index is 13.7. The highest BCUT2D eigenvalue weighted by atomic mass is 16.5. The van der Waals surface area contributed by atoms with Gasteiger partial charge in [0.2, 0.25) is 11.8 Å². The molecule has 2 aliphatic carbocycles. The minimum atomic E-state index is -0.687. The third-order valence-electron chi connectivity index (χ3n) is 13.8. The van der Waals surface area contributed by atoms with E-state index in [0.29, 0.717) is 24.9 Å². The number of benzene rings is 3. The van der Waals surface area contributed by atoms with E-state index >= 15 is 0 Å². The first-order valence-corrected chi connectivity index (χ1v) is 22.9. The van der Waals surface area contributed by atoms with E-state index in [1.54, 1.807) is 0 Å². The summed E-state index contributed by atoms with van der Waals surface area (Å²) in [6, 6.07) is 20.0. The van der Waals surface area contributed by atoms with E-state index in [1.807, 2.05) is 49.9 Å². The van der Waals surface area contributed by atoms with Crippen LogP contribution in [0, 0.1) is 11.8 Å². The molecule has 338 valence electrons. The molecule has 4 unspecified atom stereocenters. The van der Waals surface area contributed by atoms with Crippen molar-refractivity contribution in [2.75, 3.05) is 27.3 Å². The molecular formula is C51H58N8O6. The van der Waals surface area contributed by atoms with Gasteiger partial charge in [0, 0.05) is 24.9 Å². The Kier molecular flexibility index (Phi) is 12.1. The van der Waals surface area contributed by atoms with Gasteiger partial charge < -0.3 is 39.9 Å². The summed E-state index contributed by atoms with van der Waals surface area (Å²) in [5.41, 5.74) is 11.4. The summed E-state index contributed by atoms with van der Waals surface area (Å²) in [4.78, 5) is 71.6. The maximum Gasteiger partial charge on any atom is 0.407 e. The van der Waals surface area contributed by atoms with Gasteiger partial charge in [0.1, 0.15) is 23.7 Å². The first kappa shape index (κ1) is 43.5. The van der Waals surface area contributed by atoms with Crippen molar-refractivity contribution in [2.45, 2.75) is 95.8 Å². The fourth-order valence-electron chi connectivity index (χ4n) is 10.4. The number of fused-ring (bicyclic) bond motifs is 5. The summed E-state index contributed by atoms with van der Waals surface area (Å²) in [5, 5.41) is 5.44. The van der Waals surface area contributed by atoms with Gasteiger partial charge in [-0.1, -0.05) is 101 Å². The van der Waals surface area contributed by atoms with Gasteiger partial charge in [0.25, 0.3) is 0 Å². The van der Waals surface area contributed by atoms with Gasteiger partial charge >= 0.3 is 12.2 Å². The first-order valence-electron chi connectivity index (χ1n) is 22.9. The van der Waals surface area contributed by atoms with Gasteiger partial charge in [0.15, 0.2) is 0 Å². The van der Waals surface area contributed by atoms with E-state index in [-0.39, 0.29) is 35.7 Å². The third-order valence-corrected chi connectivity index (χ3v) is 13.8. The molecule has 0 spiro atoms. The normalized spacial score (nSPS) is 20.6. The van der Waals surface area contributed by atoms with Crippen LogP contribution in [0.15, 0.2) is 85.2 Å². The molecule has 4 heterocycles. The number of carbonyl (C=O) groups is 4. The van der Waals surface area contributed by atoms with Crippen LogP contribution in [0.2, 0.25) is 0 Å². The first-order chi connectivity index (χ1) is 31.4. The number of hydrogen-bond donors (Lipinski definition) is 4. The van der Waals surface area contributed by atoms with Crippen molar-refractivity contribution in [3.8, 4) is 44.8 Å². The highest BCUT2D eigenvalue weighted by Gasteiger charge is 2.40. The number of alkyl carbamates (subject to hydrolysis) is 2. The van der Waals surface area contributed by atoms with Crippen molar-refractivity contribution in [2.24, 2.45) is 11.8 Å². The van der Waals surface area contributed by atoms with Crippen LogP contribution in [0.5, 0.6) is 0 Å². The summed E-state index contributed by atoms with van der Waals surface area (Å²) >= 11 is 0. The second-order valence-corrected chi connectivity index (χ2v) is 18.4. The smallest absolute Gasteiger partial charge is 0.407 e. The number of ether oxygens (including phenoxy) is 2. The number of carbonyl (C=O) groups excluding carboxylic acids is 4. The molecule has 4 amide bonds. The highest BCUT2D eigenvalue weighted by molar-refractivity contribution is 5.88. The monoisotopic (exact) mass is 878 g/mol. The summed E-state index contributed by atoms with van der Waals surface area (Å²) < 4.78 is 9.58. The molecule has 6 atom stereocenters. The Balaban J connectivity index is 0.910. The van der Waals surface area contributed by atoms with Crippen molar-refractivity contribution in [1.29, 1.82) is 0 Å². The lowest BCUT2D eigenvalue weighted by Gasteiger charge is -2.30. The van der Waals surface area contributed by atoms with Gasteiger partial charge in [-0.25, -0.2) is 19.6 Å². The van der Waals surface area contributed by atoms with E-state index in [4.69, 9.17) is 19.4 Å². The predicted octanol–water partition coefficient (Wildman–Crippen LogP) is 9.03. The van der Waals surface area contributed by atoms with E-state index in [0.717, 1.165) is 77.4 Å². The van der Waals surface area contributed by atoms with E-state index in [1.165, 1.54) is 36.5 Å². The number of amides is 4. The molecule has 2 bridgehead atoms. The average Bonchev–Trinajstić information content (AvgIpc) is 4.19. The van der Waals surface area contributed by atoms with Crippen LogP contribution in [0.1, 0.15) is 106 Å². The zero-order valence-electron chi connectivity index (χ0n) is 37.9. The van der Waals surface area contributed by atoms with E-state index in [9.17, 15) is 19.2 Å². The molecule has 3 aromatic carbocycles. The number of hydrogen-bond acceptors (Lipinski definition) is 8. The molecule has 14 heteroatoms.